The largest absolute Gasteiger partial charge is 0.416 e. The molecular formula is C22H12F7N3O. The number of carbonyl (C=O) groups excluding carboxylic acids is 1. The minimum atomic E-state index is -5.07. The van der Waals surface area contributed by atoms with Crippen LogP contribution in [0.4, 0.5) is 36.4 Å². The van der Waals surface area contributed by atoms with E-state index in [4.69, 9.17) is 0 Å². The minimum absolute atomic E-state index is 0.0523. The molecule has 1 amide bonds. The lowest BCUT2D eigenvalue weighted by Crippen LogP contribution is -2.17. The maximum Gasteiger partial charge on any atom is 0.416 e. The molecule has 0 saturated carbocycles. The highest BCUT2D eigenvalue weighted by Crippen LogP contribution is 2.36. The highest BCUT2D eigenvalue weighted by molar-refractivity contribution is 6.06. The molecule has 4 rings (SSSR count). The number of hydrogen-bond acceptors (Lipinski definition) is 2. The van der Waals surface area contributed by atoms with Gasteiger partial charge in [-0.25, -0.2) is 4.39 Å². The summed E-state index contributed by atoms with van der Waals surface area (Å²) < 4.78 is 91.6. The van der Waals surface area contributed by atoms with Crippen LogP contribution >= 0.6 is 0 Å². The predicted molar refractivity (Wildman–Crippen MR) is 106 cm³/mol. The molecule has 4 aromatic rings. The molecule has 33 heavy (non-hydrogen) atoms. The van der Waals surface area contributed by atoms with Crippen molar-refractivity contribution in [3.63, 3.8) is 0 Å². The molecule has 0 saturated heterocycles. The average molecular weight is 467 g/mol. The SMILES string of the molecule is O=C(Nc1ccc2[nH]nc(-c3ccc(F)cc3)c2c1)c1cc(C(F)(F)F)cc(C(F)(F)F)c1. The number of rotatable bonds is 3. The monoisotopic (exact) mass is 467 g/mol. The Bertz CT molecular complexity index is 1310. The first-order valence-electron chi connectivity index (χ1n) is 9.27. The van der Waals surface area contributed by atoms with E-state index in [1.807, 2.05) is 0 Å². The standard InChI is InChI=1S/C22H12F7N3O/c23-15-3-1-11(2-4-15)19-17-10-16(5-6-18(17)31-32-19)30-20(33)12-7-13(21(24,25)26)9-14(8-12)22(27,28)29/h1-10H,(H,30,33)(H,31,32). The molecule has 0 fully saturated rings. The number of hydrogen-bond donors (Lipinski definition) is 2. The summed E-state index contributed by atoms with van der Waals surface area (Å²) in [6, 6.07) is 10.5. The van der Waals surface area contributed by atoms with Crippen LogP contribution in [-0.4, -0.2) is 16.1 Å². The van der Waals surface area contributed by atoms with Gasteiger partial charge in [-0.3, -0.25) is 9.89 Å². The van der Waals surface area contributed by atoms with Crippen molar-refractivity contribution in [3.8, 4) is 11.3 Å². The number of H-pyrrole nitrogens is 1. The highest BCUT2D eigenvalue weighted by Gasteiger charge is 2.37. The van der Waals surface area contributed by atoms with Crippen LogP contribution in [0.1, 0.15) is 21.5 Å². The maximum absolute atomic E-state index is 13.2. The maximum atomic E-state index is 13.2. The van der Waals surface area contributed by atoms with Gasteiger partial charge in [0.1, 0.15) is 5.82 Å². The van der Waals surface area contributed by atoms with Crippen LogP contribution in [0.25, 0.3) is 22.2 Å². The lowest BCUT2D eigenvalue weighted by Gasteiger charge is -2.14. The normalized spacial score (nSPS) is 12.2. The summed E-state index contributed by atoms with van der Waals surface area (Å²) in [5, 5.41) is 9.71. The van der Waals surface area contributed by atoms with Crippen LogP contribution in [0.2, 0.25) is 0 Å². The van der Waals surface area contributed by atoms with E-state index >= 15 is 0 Å². The third-order valence-electron chi connectivity index (χ3n) is 4.79. The van der Waals surface area contributed by atoms with Crippen molar-refractivity contribution in [2.45, 2.75) is 12.4 Å². The molecule has 0 aliphatic rings. The number of carbonyl (C=O) groups is 1. The Labute approximate surface area is 181 Å². The number of anilines is 1. The van der Waals surface area contributed by atoms with Gasteiger partial charge in [0, 0.05) is 22.2 Å². The molecule has 0 atom stereocenters. The van der Waals surface area contributed by atoms with Crippen molar-refractivity contribution in [1.82, 2.24) is 10.2 Å². The van der Waals surface area contributed by atoms with Crippen LogP contribution in [0.3, 0.4) is 0 Å². The second-order valence-corrected chi connectivity index (χ2v) is 7.09. The molecule has 0 spiro atoms. The van der Waals surface area contributed by atoms with E-state index in [9.17, 15) is 35.5 Å². The Hall–Kier alpha value is -3.89. The van der Waals surface area contributed by atoms with Gasteiger partial charge >= 0.3 is 12.4 Å². The molecule has 0 radical (unpaired) electrons. The number of alkyl halides is 6. The van der Waals surface area contributed by atoms with E-state index in [1.165, 1.54) is 42.5 Å². The molecule has 1 aromatic heterocycles. The van der Waals surface area contributed by atoms with Crippen molar-refractivity contribution >= 4 is 22.5 Å². The predicted octanol–water partition coefficient (Wildman–Crippen LogP) is 6.66. The molecule has 0 bridgehead atoms. The molecule has 0 aliphatic heterocycles. The molecule has 0 unspecified atom stereocenters. The summed E-state index contributed by atoms with van der Waals surface area (Å²) >= 11 is 0. The Morgan fingerprint density at radius 2 is 1.42 bits per heavy atom. The van der Waals surface area contributed by atoms with E-state index in [0.29, 0.717) is 34.3 Å². The Balaban J connectivity index is 1.69. The Kier molecular flexibility index (Phi) is 5.35. The van der Waals surface area contributed by atoms with Gasteiger partial charge in [0.2, 0.25) is 0 Å². The number of aromatic nitrogens is 2. The lowest BCUT2D eigenvalue weighted by atomic mass is 10.0. The molecule has 4 nitrogen and oxygen atoms in total. The highest BCUT2D eigenvalue weighted by atomic mass is 19.4. The van der Waals surface area contributed by atoms with Crippen molar-refractivity contribution in [3.05, 3.63) is 83.2 Å². The van der Waals surface area contributed by atoms with E-state index in [0.717, 1.165) is 0 Å². The van der Waals surface area contributed by atoms with Gasteiger partial charge < -0.3 is 5.32 Å². The van der Waals surface area contributed by atoms with Gasteiger partial charge in [0.15, 0.2) is 0 Å². The number of halogens is 7. The van der Waals surface area contributed by atoms with E-state index in [-0.39, 0.29) is 11.8 Å². The summed E-state index contributed by atoms with van der Waals surface area (Å²) in [6.45, 7) is 0. The fourth-order valence-corrected chi connectivity index (χ4v) is 3.21. The summed E-state index contributed by atoms with van der Waals surface area (Å²) in [5.74, 6) is -1.61. The van der Waals surface area contributed by atoms with E-state index in [1.54, 1.807) is 0 Å². The topological polar surface area (TPSA) is 57.8 Å². The number of nitrogens with zero attached hydrogens (tertiary/aromatic N) is 1. The Morgan fingerprint density at radius 3 is 2.00 bits per heavy atom. The van der Waals surface area contributed by atoms with Crippen LogP contribution in [0, 0.1) is 5.82 Å². The summed E-state index contributed by atoms with van der Waals surface area (Å²) in [7, 11) is 0. The van der Waals surface area contributed by atoms with Gasteiger partial charge in [-0.15, -0.1) is 0 Å². The van der Waals surface area contributed by atoms with Gasteiger partial charge in [-0.1, -0.05) is 0 Å². The number of nitrogens with one attached hydrogen (secondary N) is 2. The van der Waals surface area contributed by atoms with Crippen molar-refractivity contribution in [1.29, 1.82) is 0 Å². The molecule has 11 heteroatoms. The first kappa shape index (κ1) is 22.3. The average Bonchev–Trinajstić information content (AvgIpc) is 3.16. The van der Waals surface area contributed by atoms with Crippen LogP contribution in [-0.2, 0) is 12.4 Å². The van der Waals surface area contributed by atoms with Gasteiger partial charge in [-0.05, 0) is 60.7 Å². The minimum Gasteiger partial charge on any atom is -0.322 e. The molecule has 3 aromatic carbocycles. The molecule has 2 N–H and O–H groups in total. The summed E-state index contributed by atoms with van der Waals surface area (Å²) in [5.41, 5.74) is -2.35. The van der Waals surface area contributed by atoms with Crippen LogP contribution in [0.5, 0.6) is 0 Å². The fraction of sp³-hybridized carbons (Fsp3) is 0.0909. The summed E-state index contributed by atoms with van der Waals surface area (Å²) in [4.78, 5) is 12.5. The zero-order chi connectivity index (χ0) is 24.0. The molecule has 0 aliphatic carbocycles. The van der Waals surface area contributed by atoms with Crippen molar-refractivity contribution in [2.75, 3.05) is 5.32 Å². The second-order valence-electron chi connectivity index (χ2n) is 7.09. The molecule has 1 heterocycles. The van der Waals surface area contributed by atoms with Crippen molar-refractivity contribution < 1.29 is 35.5 Å². The zero-order valence-corrected chi connectivity index (χ0v) is 16.3. The van der Waals surface area contributed by atoms with Gasteiger partial charge in [0.05, 0.1) is 22.3 Å². The first-order chi connectivity index (χ1) is 15.4. The Morgan fingerprint density at radius 1 is 0.818 bits per heavy atom. The lowest BCUT2D eigenvalue weighted by molar-refractivity contribution is -0.143. The number of aromatic amines is 1. The number of benzene rings is 3. The third kappa shape index (κ3) is 4.66. The third-order valence-corrected chi connectivity index (χ3v) is 4.79. The van der Waals surface area contributed by atoms with E-state index < -0.39 is 40.8 Å². The fourth-order valence-electron chi connectivity index (χ4n) is 3.21. The van der Waals surface area contributed by atoms with Crippen LogP contribution < -0.4 is 5.32 Å². The van der Waals surface area contributed by atoms with Crippen LogP contribution in [0.15, 0.2) is 60.7 Å². The molecular weight excluding hydrogens is 455 g/mol. The van der Waals surface area contributed by atoms with Crippen molar-refractivity contribution in [2.24, 2.45) is 0 Å². The summed E-state index contributed by atoms with van der Waals surface area (Å²) in [6.07, 6.45) is -10.1. The van der Waals surface area contributed by atoms with Gasteiger partial charge in [-0.2, -0.15) is 31.4 Å². The number of fused-ring (bicyclic) bond motifs is 1. The first-order valence-corrected chi connectivity index (χ1v) is 9.27. The number of amides is 1. The zero-order valence-electron chi connectivity index (χ0n) is 16.3. The quantitative estimate of drug-likeness (QED) is 0.331. The van der Waals surface area contributed by atoms with Gasteiger partial charge in [0.25, 0.3) is 5.91 Å². The molecule has 170 valence electrons. The second kappa shape index (κ2) is 7.91. The smallest absolute Gasteiger partial charge is 0.322 e. The van der Waals surface area contributed by atoms with E-state index in [2.05, 4.69) is 15.5 Å².